The number of nitrogens with one attached hydrogen (secondary N) is 4. The highest BCUT2D eigenvalue weighted by Crippen LogP contribution is 2.34. The van der Waals surface area contributed by atoms with E-state index in [2.05, 4.69) is 37.8 Å². The molecule has 2 amide bonds. The number of aromatic nitrogens is 2. The number of aromatic amines is 1. The molecule has 2 heterocycles. The number of amides is 2. The average molecular weight is 835 g/mol. The third-order valence-electron chi connectivity index (χ3n) is 9.90. The number of primary amides is 1. The Balaban J connectivity index is 0.956. The number of pyridine rings is 2. The minimum absolute atomic E-state index is 0.0571. The summed E-state index contributed by atoms with van der Waals surface area (Å²) in [5.41, 5.74) is 10.6. The van der Waals surface area contributed by atoms with Crippen molar-refractivity contribution in [2.45, 2.75) is 35.7 Å². The summed E-state index contributed by atoms with van der Waals surface area (Å²) in [5, 5.41) is 31.4. The molecule has 5 aromatic carbocycles. The highest BCUT2D eigenvalue weighted by molar-refractivity contribution is 7.85. The van der Waals surface area contributed by atoms with E-state index < -0.39 is 22.8 Å². The molecular weight excluding hydrogens is 793 g/mol. The lowest BCUT2D eigenvalue weighted by molar-refractivity contribution is 0.0998. The third kappa shape index (κ3) is 9.77. The van der Waals surface area contributed by atoms with Crippen molar-refractivity contribution < 1.29 is 28.7 Å². The highest BCUT2D eigenvalue weighted by Gasteiger charge is 2.19. The second kappa shape index (κ2) is 18.7. The molecular formula is C47H42N6O7S. The summed E-state index contributed by atoms with van der Waals surface area (Å²) < 4.78 is 19.4. The van der Waals surface area contributed by atoms with Crippen molar-refractivity contribution in [1.82, 2.24) is 15.3 Å². The third-order valence-corrected chi connectivity index (χ3v) is 11.2. The van der Waals surface area contributed by atoms with Crippen LogP contribution in [0.2, 0.25) is 0 Å². The van der Waals surface area contributed by atoms with Crippen LogP contribution in [0.3, 0.4) is 0 Å². The number of methoxy groups -OCH3 is 1. The van der Waals surface area contributed by atoms with Crippen molar-refractivity contribution in [3.05, 3.63) is 154 Å². The number of benzene rings is 5. The summed E-state index contributed by atoms with van der Waals surface area (Å²) in [6, 6.07) is 30.5. The minimum Gasteiger partial charge on any atom is -0.506 e. The SMILES string of the molecule is COc1cccc(Nc2c(C(N)=O)cnc3c(C)cc(S(=O)c4cccc(C(=O)Nc5ccc(C#CCCCNC[C@H](O)c6ccc(O)c7[nH]c(=O)ccc67)cc5)c4)cc23)c1. The Morgan fingerprint density at radius 1 is 0.934 bits per heavy atom. The first-order valence-corrected chi connectivity index (χ1v) is 20.4. The number of hydrogen-bond acceptors (Lipinski definition) is 10. The van der Waals surface area contributed by atoms with Crippen molar-refractivity contribution in [2.24, 2.45) is 5.73 Å². The van der Waals surface area contributed by atoms with E-state index >= 15 is 0 Å². The maximum atomic E-state index is 14.1. The molecule has 308 valence electrons. The summed E-state index contributed by atoms with van der Waals surface area (Å²) >= 11 is 0. The maximum absolute atomic E-state index is 14.1. The number of fused-ring (bicyclic) bond motifs is 2. The second-order valence-corrected chi connectivity index (χ2v) is 15.6. The zero-order chi connectivity index (χ0) is 43.0. The number of phenols is 1. The standard InChI is InChI=1S/C47H42N6O7S/c1-28-22-35(25-38-43(28)50-26-39(46(48)57)44(38)51-32-10-7-11-33(24-32)60-2)61(59)34-12-6-9-30(23-34)47(58)52-31-15-13-29(14-16-31)8-4-3-5-21-49-27-41(55)36-17-19-40(54)45-37(36)18-20-42(56)53-45/h6-7,9-20,22-26,41,49,54-55H,3,5,21,27H2,1-2H3,(H2,48,57)(H,50,51)(H,52,58)(H,53,56)/t41-,61?/m0/s1. The van der Waals surface area contributed by atoms with Crippen LogP contribution in [-0.2, 0) is 10.8 Å². The largest absolute Gasteiger partial charge is 0.506 e. The molecule has 1 unspecified atom stereocenters. The molecule has 2 aromatic heterocycles. The van der Waals surface area contributed by atoms with Gasteiger partial charge in [-0.05, 0) is 110 Å². The zero-order valence-corrected chi connectivity index (χ0v) is 34.1. The number of nitrogens with two attached hydrogens (primary N) is 1. The fraction of sp³-hybridized carbons (Fsp3) is 0.149. The Labute approximate surface area is 353 Å². The number of aromatic hydroxyl groups is 1. The first-order valence-electron chi connectivity index (χ1n) is 19.3. The molecule has 0 spiro atoms. The van der Waals surface area contributed by atoms with Crippen LogP contribution in [0.15, 0.2) is 130 Å². The van der Waals surface area contributed by atoms with Crippen molar-refractivity contribution in [3.63, 3.8) is 0 Å². The van der Waals surface area contributed by atoms with Gasteiger partial charge in [-0.1, -0.05) is 30.0 Å². The fourth-order valence-corrected chi connectivity index (χ4v) is 8.03. The first-order chi connectivity index (χ1) is 29.5. The van der Waals surface area contributed by atoms with E-state index in [4.69, 9.17) is 10.5 Å². The van der Waals surface area contributed by atoms with Gasteiger partial charge in [0.25, 0.3) is 11.8 Å². The zero-order valence-electron chi connectivity index (χ0n) is 33.2. The maximum Gasteiger partial charge on any atom is 0.255 e. The second-order valence-electron chi connectivity index (χ2n) is 14.1. The molecule has 0 saturated carbocycles. The molecule has 0 aliphatic carbocycles. The van der Waals surface area contributed by atoms with Gasteiger partial charge in [-0.2, -0.15) is 0 Å². The molecule has 8 N–H and O–H groups in total. The van der Waals surface area contributed by atoms with Gasteiger partial charge in [0.05, 0.1) is 46.3 Å². The van der Waals surface area contributed by atoms with E-state index in [1.165, 1.54) is 18.3 Å². The van der Waals surface area contributed by atoms with Crippen molar-refractivity contribution in [2.75, 3.05) is 30.8 Å². The number of carbonyl (C=O) groups is 2. The number of carbonyl (C=O) groups excluding carboxylic acids is 2. The van der Waals surface area contributed by atoms with Crippen LogP contribution in [0.4, 0.5) is 17.1 Å². The number of aryl methyl sites for hydroxylation is 1. The summed E-state index contributed by atoms with van der Waals surface area (Å²) in [4.78, 5) is 45.5. The van der Waals surface area contributed by atoms with Crippen LogP contribution in [0.1, 0.15) is 56.4 Å². The van der Waals surface area contributed by atoms with Crippen molar-refractivity contribution in [1.29, 1.82) is 0 Å². The van der Waals surface area contributed by atoms with E-state index in [9.17, 15) is 28.8 Å². The predicted octanol–water partition coefficient (Wildman–Crippen LogP) is 6.82. The molecule has 7 rings (SSSR count). The lowest BCUT2D eigenvalue weighted by Crippen LogP contribution is -2.22. The highest BCUT2D eigenvalue weighted by atomic mass is 32.2. The number of aliphatic hydroxyl groups excluding tert-OH is 1. The lowest BCUT2D eigenvalue weighted by Gasteiger charge is -2.16. The van der Waals surface area contributed by atoms with Gasteiger partial charge in [0.2, 0.25) is 5.56 Å². The van der Waals surface area contributed by atoms with Gasteiger partial charge in [0.15, 0.2) is 0 Å². The molecule has 0 fully saturated rings. The van der Waals surface area contributed by atoms with Gasteiger partial charge in [0, 0.05) is 74.4 Å². The van der Waals surface area contributed by atoms with Gasteiger partial charge in [-0.3, -0.25) is 19.4 Å². The van der Waals surface area contributed by atoms with Crippen LogP contribution in [0.25, 0.3) is 21.8 Å². The first kappa shape index (κ1) is 41.8. The smallest absolute Gasteiger partial charge is 0.255 e. The molecule has 0 aliphatic rings. The van der Waals surface area contributed by atoms with Crippen LogP contribution in [0.5, 0.6) is 11.5 Å². The Morgan fingerprint density at radius 3 is 2.52 bits per heavy atom. The number of anilines is 3. The minimum atomic E-state index is -1.71. The van der Waals surface area contributed by atoms with Gasteiger partial charge < -0.3 is 41.6 Å². The fourth-order valence-electron chi connectivity index (χ4n) is 6.81. The van der Waals surface area contributed by atoms with Gasteiger partial charge >= 0.3 is 0 Å². The Hall–Kier alpha value is -7.31. The Morgan fingerprint density at radius 2 is 1.74 bits per heavy atom. The number of H-pyrrole nitrogens is 1. The normalized spacial score (nSPS) is 12.0. The van der Waals surface area contributed by atoms with Crippen LogP contribution < -0.4 is 32.0 Å². The summed E-state index contributed by atoms with van der Waals surface area (Å²) in [6.45, 7) is 2.76. The number of unbranched alkanes of at least 4 members (excludes halogenated alkanes) is 1. The molecule has 0 saturated heterocycles. The summed E-state index contributed by atoms with van der Waals surface area (Å²) in [7, 11) is -0.148. The van der Waals surface area contributed by atoms with E-state index in [1.807, 2.05) is 31.2 Å². The molecule has 14 heteroatoms. The van der Waals surface area contributed by atoms with Crippen LogP contribution in [0, 0.1) is 18.8 Å². The van der Waals surface area contributed by atoms with Crippen LogP contribution >= 0.6 is 0 Å². The van der Waals surface area contributed by atoms with Gasteiger partial charge in [-0.25, -0.2) is 4.21 Å². The molecule has 61 heavy (non-hydrogen) atoms. The topological polar surface area (TPSA) is 209 Å². The van der Waals surface area contributed by atoms with E-state index in [0.717, 1.165) is 17.5 Å². The van der Waals surface area contributed by atoms with Gasteiger partial charge in [-0.15, -0.1) is 0 Å². The van der Waals surface area contributed by atoms with E-state index in [-0.39, 0.29) is 29.3 Å². The molecule has 7 aromatic rings. The summed E-state index contributed by atoms with van der Waals surface area (Å²) in [5.74, 6) is 5.79. The van der Waals surface area contributed by atoms with Crippen molar-refractivity contribution in [3.8, 4) is 23.3 Å². The lowest BCUT2D eigenvalue weighted by atomic mass is 10.0. The number of hydrogen-bond donors (Lipinski definition) is 7. The molecule has 0 bridgehead atoms. The average Bonchev–Trinajstić information content (AvgIpc) is 3.26. The number of ether oxygens (including phenoxy) is 1. The quantitative estimate of drug-likeness (QED) is 0.0450. The van der Waals surface area contributed by atoms with E-state index in [1.54, 1.807) is 79.9 Å². The predicted molar refractivity (Wildman–Crippen MR) is 237 cm³/mol. The molecule has 2 atom stereocenters. The number of nitrogens with zero attached hydrogens (tertiary/aromatic N) is 1. The van der Waals surface area contributed by atoms with Gasteiger partial charge in [0.1, 0.15) is 11.5 Å². The Kier molecular flexibility index (Phi) is 12.8. The van der Waals surface area contributed by atoms with Crippen molar-refractivity contribution >= 4 is 61.5 Å². The summed E-state index contributed by atoms with van der Waals surface area (Å²) in [6.07, 6.45) is 1.95. The number of aliphatic hydroxyl groups is 1. The number of rotatable bonds is 14. The molecule has 13 nitrogen and oxygen atoms in total. The Bertz CT molecular complexity index is 2940. The monoisotopic (exact) mass is 834 g/mol. The molecule has 0 radical (unpaired) electrons. The van der Waals surface area contributed by atoms with E-state index in [0.29, 0.717) is 78.5 Å². The molecule has 0 aliphatic heterocycles. The van der Waals surface area contributed by atoms with Crippen LogP contribution in [-0.4, -0.2) is 56.4 Å². The number of phenolic OH excluding ortho intramolecular Hbond substituents is 1.